The fourth-order valence-corrected chi connectivity index (χ4v) is 2.38. The van der Waals surface area contributed by atoms with Crippen LogP contribution in [0.1, 0.15) is 26.8 Å². The number of amides is 1. The molecule has 0 spiro atoms. The van der Waals surface area contributed by atoms with Crippen LogP contribution in [0.5, 0.6) is 0 Å². The maximum atomic E-state index is 11.9. The minimum atomic E-state index is -0.173. The highest BCUT2D eigenvalue weighted by molar-refractivity contribution is 7.09. The number of carbonyl (C=O) groups is 1. The highest BCUT2D eigenvalue weighted by Gasteiger charge is 2.08. The first-order valence-electron chi connectivity index (χ1n) is 5.38. The first-order chi connectivity index (χ1) is 8.54. The van der Waals surface area contributed by atoms with E-state index in [1.807, 2.05) is 12.3 Å². The van der Waals surface area contributed by atoms with Crippen LogP contribution in [0.4, 0.5) is 0 Å². The average Bonchev–Trinajstić information content (AvgIpc) is 2.70. The zero-order chi connectivity index (χ0) is 13.1. The van der Waals surface area contributed by atoms with Gasteiger partial charge in [0.25, 0.3) is 5.91 Å². The van der Waals surface area contributed by atoms with Crippen LogP contribution in [-0.4, -0.2) is 15.9 Å². The lowest BCUT2D eigenvalue weighted by Crippen LogP contribution is -2.23. The van der Waals surface area contributed by atoms with Gasteiger partial charge in [-0.2, -0.15) is 0 Å². The Morgan fingerprint density at radius 3 is 2.78 bits per heavy atom. The molecule has 0 saturated heterocycles. The zero-order valence-corrected chi connectivity index (χ0v) is 11.6. The highest BCUT2D eigenvalue weighted by atomic mass is 35.5. The zero-order valence-electron chi connectivity index (χ0n) is 10.0. The Labute approximate surface area is 114 Å². The lowest BCUT2D eigenvalue weighted by Gasteiger charge is -2.04. The standard InChI is InChI=1S/C12H12ClN3OS/c1-7-3-9(4-11(13)15-7)12(17)14-5-10-6-18-8(2)16-10/h3-4,6H,5H2,1-2H3,(H,14,17). The largest absolute Gasteiger partial charge is 0.346 e. The van der Waals surface area contributed by atoms with Gasteiger partial charge in [-0.05, 0) is 26.0 Å². The summed E-state index contributed by atoms with van der Waals surface area (Å²) in [5.74, 6) is -0.173. The van der Waals surface area contributed by atoms with Crippen LogP contribution in [0.3, 0.4) is 0 Å². The first-order valence-corrected chi connectivity index (χ1v) is 6.64. The van der Waals surface area contributed by atoms with Crippen molar-refractivity contribution in [3.8, 4) is 0 Å². The van der Waals surface area contributed by atoms with Gasteiger partial charge in [-0.25, -0.2) is 9.97 Å². The molecule has 0 atom stereocenters. The molecular weight excluding hydrogens is 270 g/mol. The van der Waals surface area contributed by atoms with E-state index in [4.69, 9.17) is 11.6 Å². The van der Waals surface area contributed by atoms with E-state index in [1.165, 1.54) is 0 Å². The number of nitrogens with one attached hydrogen (secondary N) is 1. The van der Waals surface area contributed by atoms with E-state index in [1.54, 1.807) is 30.4 Å². The predicted molar refractivity (Wildman–Crippen MR) is 72.0 cm³/mol. The van der Waals surface area contributed by atoms with Gasteiger partial charge in [0.1, 0.15) is 5.15 Å². The summed E-state index contributed by atoms with van der Waals surface area (Å²) in [5, 5.41) is 6.04. The van der Waals surface area contributed by atoms with Crippen molar-refractivity contribution in [1.29, 1.82) is 0 Å². The SMILES string of the molecule is Cc1cc(C(=O)NCc2csc(C)n2)cc(Cl)n1. The maximum Gasteiger partial charge on any atom is 0.251 e. The summed E-state index contributed by atoms with van der Waals surface area (Å²) >= 11 is 7.38. The summed E-state index contributed by atoms with van der Waals surface area (Å²) in [4.78, 5) is 20.2. The molecule has 2 aromatic rings. The average molecular weight is 282 g/mol. The van der Waals surface area contributed by atoms with E-state index in [0.29, 0.717) is 17.3 Å². The monoisotopic (exact) mass is 281 g/mol. The van der Waals surface area contributed by atoms with Crippen molar-refractivity contribution in [3.05, 3.63) is 44.6 Å². The molecule has 1 amide bonds. The summed E-state index contributed by atoms with van der Waals surface area (Å²) in [7, 11) is 0. The molecule has 0 aliphatic heterocycles. The molecule has 2 aromatic heterocycles. The molecule has 2 heterocycles. The minimum Gasteiger partial charge on any atom is -0.346 e. The number of halogens is 1. The molecule has 0 aliphatic carbocycles. The van der Waals surface area contributed by atoms with Crippen molar-refractivity contribution in [2.24, 2.45) is 0 Å². The molecule has 0 bridgehead atoms. The molecule has 94 valence electrons. The Morgan fingerprint density at radius 2 is 2.17 bits per heavy atom. The van der Waals surface area contributed by atoms with Crippen LogP contribution in [0.25, 0.3) is 0 Å². The molecule has 0 aliphatic rings. The van der Waals surface area contributed by atoms with E-state index in [9.17, 15) is 4.79 Å². The van der Waals surface area contributed by atoms with Gasteiger partial charge in [0.2, 0.25) is 0 Å². The molecule has 4 nitrogen and oxygen atoms in total. The van der Waals surface area contributed by atoms with Gasteiger partial charge in [0.05, 0.1) is 17.2 Å². The van der Waals surface area contributed by atoms with Crippen molar-refractivity contribution < 1.29 is 4.79 Å². The fourth-order valence-electron chi connectivity index (χ4n) is 1.52. The van der Waals surface area contributed by atoms with Crippen LogP contribution in [0.15, 0.2) is 17.5 Å². The van der Waals surface area contributed by atoms with Gasteiger partial charge in [0.15, 0.2) is 0 Å². The van der Waals surface area contributed by atoms with E-state index in [-0.39, 0.29) is 5.91 Å². The van der Waals surface area contributed by atoms with E-state index in [0.717, 1.165) is 16.4 Å². The van der Waals surface area contributed by atoms with Crippen LogP contribution >= 0.6 is 22.9 Å². The first kappa shape index (κ1) is 13.0. The number of aromatic nitrogens is 2. The normalized spacial score (nSPS) is 10.4. The van der Waals surface area contributed by atoms with Crippen LogP contribution in [0.2, 0.25) is 5.15 Å². The summed E-state index contributed by atoms with van der Waals surface area (Å²) in [6.07, 6.45) is 0. The highest BCUT2D eigenvalue weighted by Crippen LogP contribution is 2.11. The third-order valence-electron chi connectivity index (χ3n) is 2.28. The minimum absolute atomic E-state index is 0.173. The van der Waals surface area contributed by atoms with Crippen molar-refractivity contribution >= 4 is 28.8 Å². The van der Waals surface area contributed by atoms with Gasteiger partial charge in [-0.1, -0.05) is 11.6 Å². The number of hydrogen-bond acceptors (Lipinski definition) is 4. The van der Waals surface area contributed by atoms with Crippen molar-refractivity contribution in [1.82, 2.24) is 15.3 Å². The number of carbonyl (C=O) groups excluding carboxylic acids is 1. The van der Waals surface area contributed by atoms with Crippen molar-refractivity contribution in [2.45, 2.75) is 20.4 Å². The summed E-state index contributed by atoms with van der Waals surface area (Å²) < 4.78 is 0. The number of pyridine rings is 1. The summed E-state index contributed by atoms with van der Waals surface area (Å²) in [6, 6.07) is 3.25. The molecule has 0 unspecified atom stereocenters. The van der Waals surface area contributed by atoms with Gasteiger partial charge < -0.3 is 5.32 Å². The van der Waals surface area contributed by atoms with Gasteiger partial charge in [0, 0.05) is 16.6 Å². The second kappa shape index (κ2) is 5.46. The lowest BCUT2D eigenvalue weighted by atomic mass is 10.2. The Bertz CT molecular complexity index is 562. The quantitative estimate of drug-likeness (QED) is 0.880. The van der Waals surface area contributed by atoms with E-state index < -0.39 is 0 Å². The summed E-state index contributed by atoms with van der Waals surface area (Å²) in [5.41, 5.74) is 2.10. The third-order valence-corrected chi connectivity index (χ3v) is 3.30. The molecule has 0 fully saturated rings. The summed E-state index contributed by atoms with van der Waals surface area (Å²) in [6.45, 7) is 4.15. The molecule has 0 aromatic carbocycles. The van der Waals surface area contributed by atoms with Gasteiger partial charge in [-0.15, -0.1) is 11.3 Å². The lowest BCUT2D eigenvalue weighted by molar-refractivity contribution is 0.0950. The Morgan fingerprint density at radius 1 is 1.39 bits per heavy atom. The van der Waals surface area contributed by atoms with Crippen LogP contribution in [0, 0.1) is 13.8 Å². The molecule has 0 saturated carbocycles. The molecule has 0 radical (unpaired) electrons. The van der Waals surface area contributed by atoms with E-state index >= 15 is 0 Å². The number of aryl methyl sites for hydroxylation is 2. The number of thiazole rings is 1. The molecule has 1 N–H and O–H groups in total. The number of rotatable bonds is 3. The van der Waals surface area contributed by atoms with Crippen molar-refractivity contribution in [3.63, 3.8) is 0 Å². The maximum absolute atomic E-state index is 11.9. The Balaban J connectivity index is 2.03. The third kappa shape index (κ3) is 3.27. The predicted octanol–water partition coefficient (Wildman–Crippen LogP) is 2.74. The van der Waals surface area contributed by atoms with Crippen molar-refractivity contribution in [2.75, 3.05) is 0 Å². The fraction of sp³-hybridized carbons (Fsp3) is 0.250. The van der Waals surface area contributed by atoms with Gasteiger partial charge >= 0.3 is 0 Å². The molecular formula is C12H12ClN3OS. The molecule has 2 rings (SSSR count). The second-order valence-electron chi connectivity index (χ2n) is 3.86. The molecule has 6 heteroatoms. The number of nitrogens with zero attached hydrogens (tertiary/aromatic N) is 2. The van der Waals surface area contributed by atoms with Crippen LogP contribution < -0.4 is 5.32 Å². The topological polar surface area (TPSA) is 54.9 Å². The van der Waals surface area contributed by atoms with E-state index in [2.05, 4.69) is 15.3 Å². The Kier molecular flexibility index (Phi) is 3.93. The second-order valence-corrected chi connectivity index (χ2v) is 5.31. The molecule has 18 heavy (non-hydrogen) atoms. The van der Waals surface area contributed by atoms with Crippen LogP contribution in [-0.2, 0) is 6.54 Å². The smallest absolute Gasteiger partial charge is 0.251 e. The Hall–Kier alpha value is -1.46. The van der Waals surface area contributed by atoms with Gasteiger partial charge in [-0.3, -0.25) is 4.79 Å². The number of hydrogen-bond donors (Lipinski definition) is 1.